The summed E-state index contributed by atoms with van der Waals surface area (Å²) in [7, 11) is 0. The molecule has 2 aromatic rings. The third kappa shape index (κ3) is 4.88. The molecule has 0 aliphatic rings. The fourth-order valence-corrected chi connectivity index (χ4v) is 2.50. The van der Waals surface area contributed by atoms with Crippen LogP contribution in [0.1, 0.15) is 22.8 Å². The maximum absolute atomic E-state index is 12.0. The molecule has 0 aliphatic carbocycles. The first kappa shape index (κ1) is 18.1. The van der Waals surface area contributed by atoms with Gasteiger partial charge < -0.3 is 4.74 Å². The molecule has 0 aromatic heterocycles. The minimum absolute atomic E-state index is 0.0396. The second-order valence-corrected chi connectivity index (χ2v) is 5.65. The number of benzene rings is 2. The predicted octanol–water partition coefficient (Wildman–Crippen LogP) is 3.40. The lowest BCUT2D eigenvalue weighted by molar-refractivity contribution is -0.121. The molecule has 0 bridgehead atoms. The van der Waals surface area contributed by atoms with Crippen LogP contribution in [0.25, 0.3) is 0 Å². The average Bonchev–Trinajstić information content (AvgIpc) is 2.57. The molecule has 0 atom stereocenters. The Hall–Kier alpha value is -2.24. The topological polar surface area (TPSA) is 67.4 Å². The van der Waals surface area contributed by atoms with E-state index < -0.39 is 11.8 Å². The van der Waals surface area contributed by atoms with Gasteiger partial charge >= 0.3 is 0 Å². The Morgan fingerprint density at radius 1 is 1.00 bits per heavy atom. The monoisotopic (exact) mass is 366 g/mol. The summed E-state index contributed by atoms with van der Waals surface area (Å²) in [5.74, 6) is -0.188. The number of carbonyl (C=O) groups excluding carboxylic acids is 2. The Balaban J connectivity index is 1.90. The van der Waals surface area contributed by atoms with Crippen molar-refractivity contribution >= 4 is 35.0 Å². The van der Waals surface area contributed by atoms with Gasteiger partial charge in [0.1, 0.15) is 5.75 Å². The Bertz CT molecular complexity index is 713. The van der Waals surface area contributed by atoms with Gasteiger partial charge in [-0.1, -0.05) is 29.3 Å². The van der Waals surface area contributed by atoms with Crippen molar-refractivity contribution in [2.75, 3.05) is 6.61 Å². The first-order chi connectivity index (χ1) is 11.5. The lowest BCUT2D eigenvalue weighted by atomic mass is 10.1. The van der Waals surface area contributed by atoms with E-state index in [1.807, 2.05) is 6.92 Å². The summed E-state index contributed by atoms with van der Waals surface area (Å²) in [4.78, 5) is 23.9. The summed E-state index contributed by atoms with van der Waals surface area (Å²) >= 11 is 12.0. The maximum atomic E-state index is 12.0. The normalized spacial score (nSPS) is 10.1. The molecule has 2 amide bonds. The fourth-order valence-electron chi connectivity index (χ4n) is 1.97. The molecule has 0 radical (unpaired) electrons. The summed E-state index contributed by atoms with van der Waals surface area (Å²) in [6.07, 6.45) is -0.0396. The number of rotatable bonds is 5. The lowest BCUT2D eigenvalue weighted by Crippen LogP contribution is -2.42. The van der Waals surface area contributed by atoms with E-state index in [2.05, 4.69) is 10.9 Å². The number of halogens is 2. The molecule has 0 spiro atoms. The molecule has 2 N–H and O–H groups in total. The first-order valence-corrected chi connectivity index (χ1v) is 8.01. The van der Waals surface area contributed by atoms with Gasteiger partial charge in [0.25, 0.3) is 5.91 Å². The lowest BCUT2D eigenvalue weighted by Gasteiger charge is -2.10. The third-order valence-electron chi connectivity index (χ3n) is 3.14. The van der Waals surface area contributed by atoms with Gasteiger partial charge in [-0.05, 0) is 48.9 Å². The highest BCUT2D eigenvalue weighted by Gasteiger charge is 2.12. The van der Waals surface area contributed by atoms with Crippen LogP contribution in [0.5, 0.6) is 5.75 Å². The van der Waals surface area contributed by atoms with Gasteiger partial charge in [-0.15, -0.1) is 0 Å². The van der Waals surface area contributed by atoms with Crippen molar-refractivity contribution in [2.45, 2.75) is 13.3 Å². The van der Waals surface area contributed by atoms with Gasteiger partial charge in [-0.2, -0.15) is 0 Å². The zero-order chi connectivity index (χ0) is 17.5. The first-order valence-electron chi connectivity index (χ1n) is 7.26. The average molecular weight is 367 g/mol. The second-order valence-electron chi connectivity index (χ2n) is 4.84. The summed E-state index contributed by atoms with van der Waals surface area (Å²) in [5.41, 5.74) is 5.59. The molecular formula is C17H16Cl2N2O3. The number of hydrazine groups is 1. The quantitative estimate of drug-likeness (QED) is 0.796. The van der Waals surface area contributed by atoms with Gasteiger partial charge in [-0.25, -0.2) is 0 Å². The summed E-state index contributed by atoms with van der Waals surface area (Å²) in [6, 6.07) is 11.6. The summed E-state index contributed by atoms with van der Waals surface area (Å²) in [6.45, 7) is 2.42. The van der Waals surface area contributed by atoms with E-state index in [9.17, 15) is 9.59 Å². The predicted molar refractivity (Wildman–Crippen MR) is 93.4 cm³/mol. The van der Waals surface area contributed by atoms with Crippen LogP contribution in [0.4, 0.5) is 0 Å². The van der Waals surface area contributed by atoms with Crippen LogP contribution in [-0.2, 0) is 11.2 Å². The number of nitrogens with one attached hydrogen (secondary N) is 2. The Morgan fingerprint density at radius 3 is 2.21 bits per heavy atom. The van der Waals surface area contributed by atoms with Gasteiger partial charge in [0.2, 0.25) is 5.91 Å². The van der Waals surface area contributed by atoms with Gasteiger partial charge in [0, 0.05) is 15.6 Å². The minimum atomic E-state index is -0.434. The van der Waals surface area contributed by atoms with Crippen LogP contribution in [0, 0.1) is 0 Å². The van der Waals surface area contributed by atoms with Crippen molar-refractivity contribution in [3.05, 3.63) is 63.6 Å². The van der Waals surface area contributed by atoms with Crippen LogP contribution >= 0.6 is 23.2 Å². The van der Waals surface area contributed by atoms with E-state index in [4.69, 9.17) is 27.9 Å². The summed E-state index contributed by atoms with van der Waals surface area (Å²) in [5, 5.41) is 0.797. The molecule has 24 heavy (non-hydrogen) atoms. The van der Waals surface area contributed by atoms with E-state index in [1.54, 1.807) is 42.5 Å². The van der Waals surface area contributed by atoms with Crippen LogP contribution in [0.15, 0.2) is 42.5 Å². The Morgan fingerprint density at radius 2 is 1.62 bits per heavy atom. The highest BCUT2D eigenvalue weighted by molar-refractivity contribution is 6.36. The van der Waals surface area contributed by atoms with Gasteiger partial charge in [0.05, 0.1) is 13.0 Å². The molecule has 0 heterocycles. The third-order valence-corrected chi connectivity index (χ3v) is 3.85. The van der Waals surface area contributed by atoms with Crippen molar-refractivity contribution in [3.8, 4) is 5.75 Å². The van der Waals surface area contributed by atoms with Crippen LogP contribution in [-0.4, -0.2) is 18.4 Å². The molecule has 0 fully saturated rings. The molecule has 7 heteroatoms. The SMILES string of the molecule is CCOc1ccc(C(=O)NNC(=O)Cc2c(Cl)cccc2Cl)cc1. The van der Waals surface area contributed by atoms with Crippen molar-refractivity contribution in [3.63, 3.8) is 0 Å². The number of hydrogen-bond donors (Lipinski definition) is 2. The molecule has 0 saturated carbocycles. The number of hydrogen-bond acceptors (Lipinski definition) is 3. The van der Waals surface area contributed by atoms with E-state index in [0.717, 1.165) is 0 Å². The van der Waals surface area contributed by atoms with E-state index in [-0.39, 0.29) is 6.42 Å². The molecule has 126 valence electrons. The molecule has 0 aliphatic heterocycles. The Kier molecular flexibility index (Phi) is 6.46. The number of carbonyl (C=O) groups is 2. The molecule has 2 rings (SSSR count). The number of ether oxygens (including phenoxy) is 1. The molecule has 0 unspecified atom stereocenters. The standard InChI is InChI=1S/C17H16Cl2N2O3/c1-2-24-12-8-6-11(7-9-12)17(23)21-20-16(22)10-13-14(18)4-3-5-15(13)19/h3-9H,2,10H2,1H3,(H,20,22)(H,21,23). The van der Waals surface area contributed by atoms with Crippen molar-refractivity contribution in [1.29, 1.82) is 0 Å². The van der Waals surface area contributed by atoms with E-state index >= 15 is 0 Å². The minimum Gasteiger partial charge on any atom is -0.494 e. The molecular weight excluding hydrogens is 351 g/mol. The van der Waals surface area contributed by atoms with Crippen LogP contribution in [0.2, 0.25) is 10.0 Å². The second kappa shape index (κ2) is 8.57. The largest absolute Gasteiger partial charge is 0.494 e. The number of amides is 2. The van der Waals surface area contributed by atoms with E-state index in [0.29, 0.717) is 33.5 Å². The highest BCUT2D eigenvalue weighted by atomic mass is 35.5. The van der Waals surface area contributed by atoms with Crippen molar-refractivity contribution in [2.24, 2.45) is 0 Å². The molecule has 2 aromatic carbocycles. The van der Waals surface area contributed by atoms with Gasteiger partial charge in [0.15, 0.2) is 0 Å². The zero-order valence-corrected chi connectivity index (χ0v) is 14.4. The maximum Gasteiger partial charge on any atom is 0.269 e. The smallest absolute Gasteiger partial charge is 0.269 e. The zero-order valence-electron chi connectivity index (χ0n) is 12.9. The molecule has 5 nitrogen and oxygen atoms in total. The summed E-state index contributed by atoms with van der Waals surface area (Å²) < 4.78 is 5.30. The molecule has 0 saturated heterocycles. The van der Waals surface area contributed by atoms with E-state index in [1.165, 1.54) is 0 Å². The van der Waals surface area contributed by atoms with Crippen molar-refractivity contribution < 1.29 is 14.3 Å². The van der Waals surface area contributed by atoms with Crippen molar-refractivity contribution in [1.82, 2.24) is 10.9 Å². The Labute approximate surface area is 149 Å². The van der Waals surface area contributed by atoms with Crippen LogP contribution in [0.3, 0.4) is 0 Å². The van der Waals surface area contributed by atoms with Gasteiger partial charge in [-0.3, -0.25) is 20.4 Å². The van der Waals surface area contributed by atoms with Crippen LogP contribution < -0.4 is 15.6 Å². The fraction of sp³-hybridized carbons (Fsp3) is 0.176. The highest BCUT2D eigenvalue weighted by Crippen LogP contribution is 2.24.